The lowest BCUT2D eigenvalue weighted by atomic mass is 10.2. The number of nitrogens with two attached hydrogens (primary N) is 1. The molecule has 5 heteroatoms. The first-order valence-corrected chi connectivity index (χ1v) is 6.17. The van der Waals surface area contributed by atoms with Crippen molar-refractivity contribution in [2.24, 2.45) is 0 Å². The third-order valence-electron chi connectivity index (χ3n) is 2.81. The molecular formula is C15H17N3O2. The number of carbonyl (C=O) groups excluding carboxylic acids is 1. The fourth-order valence-electron chi connectivity index (χ4n) is 1.82. The molecule has 0 aliphatic rings. The van der Waals surface area contributed by atoms with E-state index < -0.39 is 0 Å². The van der Waals surface area contributed by atoms with Crippen LogP contribution in [0, 0.1) is 6.92 Å². The Hall–Kier alpha value is -2.69. The van der Waals surface area contributed by atoms with Crippen LogP contribution in [0.1, 0.15) is 5.56 Å². The van der Waals surface area contributed by atoms with Crippen LogP contribution in [0.2, 0.25) is 0 Å². The molecule has 104 valence electrons. The number of nitrogens with one attached hydrogen (secondary N) is 2. The fourth-order valence-corrected chi connectivity index (χ4v) is 1.82. The molecule has 5 nitrogen and oxygen atoms in total. The minimum atomic E-state index is -0.370. The van der Waals surface area contributed by atoms with Crippen LogP contribution in [-0.4, -0.2) is 13.1 Å². The van der Waals surface area contributed by atoms with E-state index in [0.29, 0.717) is 22.8 Å². The Kier molecular flexibility index (Phi) is 4.10. The summed E-state index contributed by atoms with van der Waals surface area (Å²) in [4.78, 5) is 12.0. The largest absolute Gasteiger partial charge is 0.495 e. The first-order chi connectivity index (χ1) is 9.60. The summed E-state index contributed by atoms with van der Waals surface area (Å²) < 4.78 is 5.17. The zero-order valence-corrected chi connectivity index (χ0v) is 11.4. The first kappa shape index (κ1) is 13.7. The van der Waals surface area contributed by atoms with Crippen LogP contribution < -0.4 is 21.1 Å². The number of hydrogen-bond donors (Lipinski definition) is 3. The fraction of sp³-hybridized carbons (Fsp3) is 0.133. The molecule has 0 heterocycles. The highest BCUT2D eigenvalue weighted by Gasteiger charge is 2.08. The summed E-state index contributed by atoms with van der Waals surface area (Å²) >= 11 is 0. The van der Waals surface area contributed by atoms with Crippen molar-refractivity contribution in [2.75, 3.05) is 23.5 Å². The number of para-hydroxylation sites is 2. The summed E-state index contributed by atoms with van der Waals surface area (Å²) in [5.74, 6) is 0.597. The van der Waals surface area contributed by atoms with Crippen molar-refractivity contribution < 1.29 is 9.53 Å². The minimum absolute atomic E-state index is 0.370. The van der Waals surface area contributed by atoms with Crippen LogP contribution in [0.3, 0.4) is 0 Å². The lowest BCUT2D eigenvalue weighted by molar-refractivity contribution is 0.262. The highest BCUT2D eigenvalue weighted by Crippen LogP contribution is 2.24. The van der Waals surface area contributed by atoms with E-state index in [1.165, 1.54) is 0 Å². The van der Waals surface area contributed by atoms with Crippen LogP contribution >= 0.6 is 0 Å². The number of rotatable bonds is 3. The molecule has 0 saturated carbocycles. The molecule has 0 spiro atoms. The van der Waals surface area contributed by atoms with Gasteiger partial charge in [-0.3, -0.25) is 0 Å². The number of carbonyl (C=O) groups is 1. The van der Waals surface area contributed by atoms with Crippen molar-refractivity contribution in [1.29, 1.82) is 0 Å². The van der Waals surface area contributed by atoms with E-state index in [9.17, 15) is 4.79 Å². The quantitative estimate of drug-likeness (QED) is 0.750. The molecule has 2 rings (SSSR count). The van der Waals surface area contributed by atoms with E-state index in [-0.39, 0.29) is 6.03 Å². The summed E-state index contributed by atoms with van der Waals surface area (Å²) in [6, 6.07) is 12.3. The molecule has 0 atom stereocenters. The van der Waals surface area contributed by atoms with Gasteiger partial charge in [0.05, 0.1) is 24.2 Å². The first-order valence-electron chi connectivity index (χ1n) is 6.17. The van der Waals surface area contributed by atoms with E-state index in [2.05, 4.69) is 10.6 Å². The van der Waals surface area contributed by atoms with Crippen LogP contribution in [0.25, 0.3) is 0 Å². The lowest BCUT2D eigenvalue weighted by Crippen LogP contribution is -2.20. The van der Waals surface area contributed by atoms with Gasteiger partial charge in [0.15, 0.2) is 0 Å². The number of benzene rings is 2. The Morgan fingerprint density at radius 1 is 1.10 bits per heavy atom. The molecule has 0 radical (unpaired) electrons. The average molecular weight is 271 g/mol. The maximum Gasteiger partial charge on any atom is 0.323 e. The predicted octanol–water partition coefficient (Wildman–Crippen LogP) is 3.23. The summed E-state index contributed by atoms with van der Waals surface area (Å²) in [6.45, 7) is 1.94. The Balaban J connectivity index is 2.09. The number of nitrogen functional groups attached to an aromatic ring is 1. The van der Waals surface area contributed by atoms with Crippen molar-refractivity contribution in [2.45, 2.75) is 6.92 Å². The van der Waals surface area contributed by atoms with E-state index in [1.54, 1.807) is 31.4 Å². The molecule has 0 unspecified atom stereocenters. The van der Waals surface area contributed by atoms with Crippen LogP contribution in [0.15, 0.2) is 42.5 Å². The number of urea groups is 1. The molecule has 0 fully saturated rings. The van der Waals surface area contributed by atoms with Gasteiger partial charge in [-0.25, -0.2) is 4.79 Å². The molecule has 0 aromatic heterocycles. The highest BCUT2D eigenvalue weighted by molar-refractivity contribution is 6.02. The third kappa shape index (κ3) is 3.20. The number of methoxy groups -OCH3 is 1. The summed E-state index contributed by atoms with van der Waals surface area (Å²) in [7, 11) is 1.55. The SMILES string of the molecule is COc1ccccc1NC(=O)Nc1ccc(C)cc1N. The second-order valence-corrected chi connectivity index (χ2v) is 4.37. The molecule has 20 heavy (non-hydrogen) atoms. The van der Waals surface area contributed by atoms with Crippen molar-refractivity contribution in [3.05, 3.63) is 48.0 Å². The van der Waals surface area contributed by atoms with E-state index in [1.807, 2.05) is 25.1 Å². The van der Waals surface area contributed by atoms with Gasteiger partial charge >= 0.3 is 6.03 Å². The maximum absolute atomic E-state index is 12.0. The smallest absolute Gasteiger partial charge is 0.323 e. The predicted molar refractivity (Wildman–Crippen MR) is 81.2 cm³/mol. The summed E-state index contributed by atoms with van der Waals surface area (Å²) in [6.07, 6.45) is 0. The molecule has 2 aromatic rings. The minimum Gasteiger partial charge on any atom is -0.495 e. The van der Waals surface area contributed by atoms with E-state index in [0.717, 1.165) is 5.56 Å². The molecular weight excluding hydrogens is 254 g/mol. The topological polar surface area (TPSA) is 76.4 Å². The molecule has 2 amide bonds. The second-order valence-electron chi connectivity index (χ2n) is 4.37. The van der Waals surface area contributed by atoms with Crippen LogP contribution in [0.5, 0.6) is 5.75 Å². The van der Waals surface area contributed by atoms with Gasteiger partial charge in [0, 0.05) is 0 Å². The van der Waals surface area contributed by atoms with Gasteiger partial charge in [0.1, 0.15) is 5.75 Å². The molecule has 2 aromatic carbocycles. The van der Waals surface area contributed by atoms with Gasteiger partial charge in [-0.15, -0.1) is 0 Å². The number of ether oxygens (including phenoxy) is 1. The zero-order chi connectivity index (χ0) is 14.5. The molecule has 4 N–H and O–H groups in total. The highest BCUT2D eigenvalue weighted by atomic mass is 16.5. The van der Waals surface area contributed by atoms with Crippen molar-refractivity contribution >= 4 is 23.1 Å². The maximum atomic E-state index is 12.0. The Bertz CT molecular complexity index is 626. The van der Waals surface area contributed by atoms with Gasteiger partial charge < -0.3 is 21.1 Å². The van der Waals surface area contributed by atoms with Gasteiger partial charge in [-0.2, -0.15) is 0 Å². The van der Waals surface area contributed by atoms with Crippen molar-refractivity contribution in [3.63, 3.8) is 0 Å². The number of anilines is 3. The van der Waals surface area contributed by atoms with Gasteiger partial charge in [-0.1, -0.05) is 18.2 Å². The monoisotopic (exact) mass is 271 g/mol. The van der Waals surface area contributed by atoms with Crippen molar-refractivity contribution in [1.82, 2.24) is 0 Å². The van der Waals surface area contributed by atoms with Crippen LogP contribution in [0.4, 0.5) is 21.9 Å². The molecule has 0 aliphatic heterocycles. The van der Waals surface area contributed by atoms with E-state index >= 15 is 0 Å². The Morgan fingerprint density at radius 3 is 2.50 bits per heavy atom. The normalized spacial score (nSPS) is 9.90. The standard InChI is InChI=1S/C15H17N3O2/c1-10-7-8-12(11(16)9-10)17-15(19)18-13-5-3-4-6-14(13)20-2/h3-9H,16H2,1-2H3,(H2,17,18,19). The zero-order valence-electron chi connectivity index (χ0n) is 11.4. The third-order valence-corrected chi connectivity index (χ3v) is 2.81. The lowest BCUT2D eigenvalue weighted by Gasteiger charge is -2.12. The summed E-state index contributed by atoms with van der Waals surface area (Å²) in [5, 5.41) is 5.43. The number of hydrogen-bond acceptors (Lipinski definition) is 3. The number of amides is 2. The number of aryl methyl sites for hydroxylation is 1. The molecule has 0 bridgehead atoms. The second kappa shape index (κ2) is 5.97. The Morgan fingerprint density at radius 2 is 1.80 bits per heavy atom. The van der Waals surface area contributed by atoms with Crippen LogP contribution in [-0.2, 0) is 0 Å². The van der Waals surface area contributed by atoms with Crippen molar-refractivity contribution in [3.8, 4) is 5.75 Å². The van der Waals surface area contributed by atoms with Gasteiger partial charge in [-0.05, 0) is 36.8 Å². The van der Waals surface area contributed by atoms with E-state index in [4.69, 9.17) is 10.5 Å². The Labute approximate surface area is 117 Å². The van der Waals surface area contributed by atoms with Gasteiger partial charge in [0.25, 0.3) is 0 Å². The molecule has 0 saturated heterocycles. The molecule has 0 aliphatic carbocycles. The van der Waals surface area contributed by atoms with Gasteiger partial charge in [0.2, 0.25) is 0 Å². The average Bonchev–Trinajstić information content (AvgIpc) is 2.42. The summed E-state index contributed by atoms with van der Waals surface area (Å²) in [5.41, 5.74) is 8.59.